The molecule has 0 fully saturated rings. The van der Waals surface area contributed by atoms with Crippen molar-refractivity contribution in [1.82, 2.24) is 9.55 Å². The minimum absolute atomic E-state index is 0.00810. The van der Waals surface area contributed by atoms with E-state index in [1.807, 2.05) is 60.7 Å². The topological polar surface area (TPSA) is 52.0 Å². The van der Waals surface area contributed by atoms with Gasteiger partial charge in [-0.1, -0.05) is 66.7 Å². The molecular weight excluding hydrogens is 344 g/mol. The van der Waals surface area contributed by atoms with Crippen molar-refractivity contribution in [2.45, 2.75) is 10.1 Å². The summed E-state index contributed by atoms with van der Waals surface area (Å²) in [5.41, 5.74) is 2.38. The van der Waals surface area contributed by atoms with Crippen molar-refractivity contribution in [3.63, 3.8) is 0 Å². The van der Waals surface area contributed by atoms with Gasteiger partial charge in [0.15, 0.2) is 0 Å². The summed E-state index contributed by atoms with van der Waals surface area (Å²) in [6.07, 6.45) is 1.61. The van der Waals surface area contributed by atoms with E-state index in [2.05, 4.69) is 4.98 Å². The van der Waals surface area contributed by atoms with E-state index in [1.165, 1.54) is 0 Å². The van der Waals surface area contributed by atoms with Crippen LogP contribution in [0.1, 0.15) is 0 Å². The largest absolute Gasteiger partial charge is 0.283 e. The van der Waals surface area contributed by atoms with Gasteiger partial charge >= 0.3 is 0 Å². The van der Waals surface area contributed by atoms with Gasteiger partial charge in [-0.2, -0.15) is 0 Å². The highest BCUT2D eigenvalue weighted by Gasteiger charge is 2.26. The van der Waals surface area contributed by atoms with Crippen LogP contribution in [-0.2, 0) is 9.84 Å². The third-order valence-corrected chi connectivity index (χ3v) is 5.77. The van der Waals surface area contributed by atoms with Gasteiger partial charge < -0.3 is 0 Å². The van der Waals surface area contributed by atoms with Gasteiger partial charge in [-0.05, 0) is 24.3 Å². The molecule has 0 atom stereocenters. The summed E-state index contributed by atoms with van der Waals surface area (Å²) in [6.45, 7) is 0. The first-order valence-electron chi connectivity index (χ1n) is 8.16. The lowest BCUT2D eigenvalue weighted by molar-refractivity contribution is 0.584. The number of sulfone groups is 1. The molecule has 0 aliphatic carbocycles. The monoisotopic (exact) mass is 360 g/mol. The molecule has 5 heteroatoms. The highest BCUT2D eigenvalue weighted by Crippen LogP contribution is 2.29. The van der Waals surface area contributed by atoms with E-state index in [0.29, 0.717) is 0 Å². The Bertz CT molecular complexity index is 1120. The number of aromatic nitrogens is 2. The van der Waals surface area contributed by atoms with Crippen molar-refractivity contribution < 1.29 is 8.42 Å². The van der Waals surface area contributed by atoms with Crippen LogP contribution in [0, 0.1) is 0 Å². The Labute approximate surface area is 152 Å². The molecule has 4 rings (SSSR count). The molecule has 0 aliphatic heterocycles. The number of hydrogen-bond donors (Lipinski definition) is 0. The SMILES string of the molecule is O=S(=O)(c1ccccc1)c1ncc(-c2ccccc2)n1-c1ccccc1. The third-order valence-electron chi connectivity index (χ3n) is 4.11. The lowest BCUT2D eigenvalue weighted by Gasteiger charge is -2.12. The molecular formula is C21H16N2O2S. The maximum atomic E-state index is 13.2. The molecule has 0 saturated carbocycles. The van der Waals surface area contributed by atoms with E-state index in [0.717, 1.165) is 16.9 Å². The zero-order valence-corrected chi connectivity index (χ0v) is 14.7. The van der Waals surface area contributed by atoms with Gasteiger partial charge in [0.2, 0.25) is 15.0 Å². The number of hydrogen-bond acceptors (Lipinski definition) is 3. The van der Waals surface area contributed by atoms with Gasteiger partial charge in [-0.15, -0.1) is 0 Å². The van der Waals surface area contributed by atoms with Crippen LogP contribution in [0.25, 0.3) is 16.9 Å². The summed E-state index contributed by atoms with van der Waals surface area (Å²) in [5, 5.41) is 0.00810. The average Bonchev–Trinajstić information content (AvgIpc) is 3.16. The average molecular weight is 360 g/mol. The molecule has 4 aromatic rings. The Balaban J connectivity index is 1.99. The third kappa shape index (κ3) is 2.82. The van der Waals surface area contributed by atoms with E-state index >= 15 is 0 Å². The fourth-order valence-corrected chi connectivity index (χ4v) is 4.23. The van der Waals surface area contributed by atoms with Crippen molar-refractivity contribution in [3.05, 3.63) is 97.2 Å². The molecule has 0 unspecified atom stereocenters. The quantitative estimate of drug-likeness (QED) is 0.543. The molecule has 128 valence electrons. The van der Waals surface area contributed by atoms with Crippen LogP contribution in [-0.4, -0.2) is 18.0 Å². The molecule has 0 radical (unpaired) electrons. The van der Waals surface area contributed by atoms with Gasteiger partial charge in [0.25, 0.3) is 0 Å². The number of imidazole rings is 1. The maximum absolute atomic E-state index is 13.2. The summed E-state index contributed by atoms with van der Waals surface area (Å²) in [5.74, 6) is 0. The second-order valence-electron chi connectivity index (χ2n) is 5.78. The Hall–Kier alpha value is -3.18. The van der Waals surface area contributed by atoms with Gasteiger partial charge in [-0.25, -0.2) is 13.4 Å². The molecule has 26 heavy (non-hydrogen) atoms. The lowest BCUT2D eigenvalue weighted by Crippen LogP contribution is -2.11. The van der Waals surface area contributed by atoms with Crippen molar-refractivity contribution in [1.29, 1.82) is 0 Å². The second-order valence-corrected chi connectivity index (χ2v) is 7.62. The highest BCUT2D eigenvalue weighted by atomic mass is 32.2. The fraction of sp³-hybridized carbons (Fsp3) is 0. The highest BCUT2D eigenvalue weighted by molar-refractivity contribution is 7.91. The lowest BCUT2D eigenvalue weighted by atomic mass is 10.1. The smallest absolute Gasteiger partial charge is 0.240 e. The zero-order valence-electron chi connectivity index (χ0n) is 13.9. The molecule has 0 spiro atoms. The van der Waals surface area contributed by atoms with Gasteiger partial charge in [0.1, 0.15) is 0 Å². The number of para-hydroxylation sites is 1. The number of nitrogens with zero attached hydrogens (tertiary/aromatic N) is 2. The van der Waals surface area contributed by atoms with E-state index < -0.39 is 9.84 Å². The molecule has 0 bridgehead atoms. The van der Waals surface area contributed by atoms with Crippen LogP contribution >= 0.6 is 0 Å². The van der Waals surface area contributed by atoms with Gasteiger partial charge in [0, 0.05) is 11.3 Å². The van der Waals surface area contributed by atoms with Crippen molar-refractivity contribution in [2.24, 2.45) is 0 Å². The number of rotatable bonds is 4. The predicted molar refractivity (Wildman–Crippen MR) is 101 cm³/mol. The van der Waals surface area contributed by atoms with Gasteiger partial charge in [-0.3, -0.25) is 4.57 Å². The first-order chi connectivity index (χ1) is 12.7. The zero-order chi connectivity index (χ0) is 18.0. The van der Waals surface area contributed by atoms with E-state index in [-0.39, 0.29) is 10.1 Å². The molecule has 0 amide bonds. The molecule has 0 saturated heterocycles. The molecule has 0 aliphatic rings. The van der Waals surface area contributed by atoms with Crippen molar-refractivity contribution in [3.8, 4) is 16.9 Å². The van der Waals surface area contributed by atoms with Crippen LogP contribution in [0.4, 0.5) is 0 Å². The molecule has 0 N–H and O–H groups in total. The van der Waals surface area contributed by atoms with Crippen LogP contribution in [0.15, 0.2) is 107 Å². The molecule has 1 aromatic heterocycles. The molecule has 4 nitrogen and oxygen atoms in total. The summed E-state index contributed by atoms with van der Waals surface area (Å²) in [7, 11) is -3.75. The second kappa shape index (κ2) is 6.61. The normalized spacial score (nSPS) is 11.4. The summed E-state index contributed by atoms with van der Waals surface area (Å²) >= 11 is 0. The summed E-state index contributed by atoms with van der Waals surface area (Å²) in [4.78, 5) is 4.52. The molecule has 3 aromatic carbocycles. The first-order valence-corrected chi connectivity index (χ1v) is 9.65. The molecule has 1 heterocycles. The van der Waals surface area contributed by atoms with E-state index in [9.17, 15) is 8.42 Å². The van der Waals surface area contributed by atoms with E-state index in [1.54, 1.807) is 41.1 Å². The number of benzene rings is 3. The summed E-state index contributed by atoms with van der Waals surface area (Å²) < 4.78 is 28.1. The summed E-state index contributed by atoms with van der Waals surface area (Å²) in [6, 6.07) is 27.4. The van der Waals surface area contributed by atoms with Crippen LogP contribution in [0.5, 0.6) is 0 Å². The van der Waals surface area contributed by atoms with Crippen LogP contribution < -0.4 is 0 Å². The van der Waals surface area contributed by atoms with Crippen LogP contribution in [0.3, 0.4) is 0 Å². The van der Waals surface area contributed by atoms with E-state index in [4.69, 9.17) is 0 Å². The standard InChI is InChI=1S/C21H16N2O2S/c24-26(25,19-14-8-3-9-15-19)21-22-16-20(17-10-4-1-5-11-17)23(21)18-12-6-2-7-13-18/h1-16H. The van der Waals surface area contributed by atoms with Crippen LogP contribution in [0.2, 0.25) is 0 Å². The predicted octanol–water partition coefficient (Wildman–Crippen LogP) is 4.37. The Kier molecular flexibility index (Phi) is 4.14. The minimum Gasteiger partial charge on any atom is -0.283 e. The van der Waals surface area contributed by atoms with Crippen molar-refractivity contribution >= 4 is 9.84 Å². The Morgan fingerprint density at radius 2 is 1.23 bits per heavy atom. The Morgan fingerprint density at radius 1 is 0.692 bits per heavy atom. The Morgan fingerprint density at radius 3 is 1.85 bits per heavy atom. The van der Waals surface area contributed by atoms with Crippen molar-refractivity contribution in [2.75, 3.05) is 0 Å². The minimum atomic E-state index is -3.75. The first kappa shape index (κ1) is 16.3. The maximum Gasteiger partial charge on any atom is 0.240 e. The fourth-order valence-electron chi connectivity index (χ4n) is 2.87. The van der Waals surface area contributed by atoms with Gasteiger partial charge in [0.05, 0.1) is 16.8 Å².